The lowest BCUT2D eigenvalue weighted by Crippen LogP contribution is -2.42. The highest BCUT2D eigenvalue weighted by Crippen LogP contribution is 2.20. The molecule has 2 heterocycles. The van der Waals surface area contributed by atoms with Crippen LogP contribution in [0, 0.1) is 0 Å². The van der Waals surface area contributed by atoms with Gasteiger partial charge in [0.15, 0.2) is 0 Å². The molecule has 1 fully saturated rings. The van der Waals surface area contributed by atoms with E-state index in [2.05, 4.69) is 18.3 Å². The van der Waals surface area contributed by atoms with Gasteiger partial charge in [0.25, 0.3) is 5.91 Å². The summed E-state index contributed by atoms with van der Waals surface area (Å²) in [5.41, 5.74) is 0.707. The minimum atomic E-state index is 0. The van der Waals surface area contributed by atoms with E-state index < -0.39 is 0 Å². The zero-order valence-corrected chi connectivity index (χ0v) is 16.1. The number of carbonyl (C=O) groups is 1. The maximum atomic E-state index is 13.0. The summed E-state index contributed by atoms with van der Waals surface area (Å²) in [6.07, 6.45) is 2.00. The Morgan fingerprint density at radius 2 is 2.24 bits per heavy atom. The van der Waals surface area contributed by atoms with Gasteiger partial charge in [0.2, 0.25) is 0 Å². The van der Waals surface area contributed by atoms with E-state index >= 15 is 0 Å². The molecule has 1 N–H and O–H groups in total. The largest absolute Gasteiger partial charge is 0.488 e. The van der Waals surface area contributed by atoms with Gasteiger partial charge in [-0.05, 0) is 49.0 Å². The fraction of sp³-hybridized carbons (Fsp3) is 0.421. The minimum Gasteiger partial charge on any atom is -0.488 e. The van der Waals surface area contributed by atoms with Crippen LogP contribution in [0.2, 0.25) is 0 Å². The topological polar surface area (TPSA) is 41.6 Å². The molecule has 1 aliphatic heterocycles. The number of carbonyl (C=O) groups excluding carboxylic acids is 1. The second-order valence-corrected chi connectivity index (χ2v) is 7.07. The molecule has 0 saturated carbocycles. The van der Waals surface area contributed by atoms with Gasteiger partial charge < -0.3 is 15.0 Å². The molecule has 1 atom stereocenters. The first-order chi connectivity index (χ1) is 11.8. The molecule has 1 aromatic carbocycles. The van der Waals surface area contributed by atoms with Crippen molar-refractivity contribution in [1.82, 2.24) is 10.2 Å². The van der Waals surface area contributed by atoms with Crippen molar-refractivity contribution >= 4 is 29.7 Å². The second-order valence-electron chi connectivity index (χ2n) is 6.04. The summed E-state index contributed by atoms with van der Waals surface area (Å²) in [5, 5.41) is 5.39. The Bertz CT molecular complexity index is 657. The van der Waals surface area contributed by atoms with Crippen molar-refractivity contribution in [2.24, 2.45) is 0 Å². The average Bonchev–Trinajstić information content (AvgIpc) is 3.31. The van der Waals surface area contributed by atoms with Crippen LogP contribution in [-0.4, -0.2) is 36.5 Å². The van der Waals surface area contributed by atoms with Gasteiger partial charge in [-0.3, -0.25) is 4.79 Å². The Morgan fingerprint density at radius 3 is 2.92 bits per heavy atom. The zero-order valence-electron chi connectivity index (χ0n) is 14.4. The number of halogens is 1. The van der Waals surface area contributed by atoms with Gasteiger partial charge in [0.1, 0.15) is 12.4 Å². The number of nitrogens with one attached hydrogen (secondary N) is 1. The molecule has 0 radical (unpaired) electrons. The van der Waals surface area contributed by atoms with Crippen LogP contribution in [0.25, 0.3) is 0 Å². The van der Waals surface area contributed by atoms with Crippen molar-refractivity contribution in [1.29, 1.82) is 0 Å². The van der Waals surface area contributed by atoms with Crippen molar-refractivity contribution in [2.45, 2.75) is 32.4 Å². The first-order valence-electron chi connectivity index (χ1n) is 8.55. The van der Waals surface area contributed by atoms with Gasteiger partial charge in [0.05, 0.1) is 0 Å². The molecule has 1 aliphatic rings. The number of rotatable bonds is 7. The molecular weight excluding hydrogens is 356 g/mol. The molecule has 1 amide bonds. The first kappa shape index (κ1) is 19.8. The first-order valence-corrected chi connectivity index (χ1v) is 9.43. The Hall–Kier alpha value is -1.56. The SMILES string of the molecule is CCCN(C(=O)c1cccc(OCc2cccs2)c1)C1CCNC1.Cl. The van der Waals surface area contributed by atoms with Crippen LogP contribution in [-0.2, 0) is 6.61 Å². The Balaban J connectivity index is 0.00000225. The number of benzene rings is 1. The fourth-order valence-electron chi connectivity index (χ4n) is 3.03. The number of amides is 1. The Labute approximate surface area is 159 Å². The maximum Gasteiger partial charge on any atom is 0.254 e. The fourth-order valence-corrected chi connectivity index (χ4v) is 3.65. The summed E-state index contributed by atoms with van der Waals surface area (Å²) in [6.45, 7) is 5.33. The molecule has 136 valence electrons. The zero-order chi connectivity index (χ0) is 16.8. The van der Waals surface area contributed by atoms with E-state index in [4.69, 9.17) is 4.74 Å². The quantitative estimate of drug-likeness (QED) is 0.790. The van der Waals surface area contributed by atoms with Gasteiger partial charge in [-0.25, -0.2) is 0 Å². The third kappa shape index (κ3) is 5.21. The van der Waals surface area contributed by atoms with Crippen LogP contribution in [0.3, 0.4) is 0 Å². The molecule has 1 unspecified atom stereocenters. The van der Waals surface area contributed by atoms with Crippen LogP contribution < -0.4 is 10.1 Å². The normalized spacial score (nSPS) is 16.3. The predicted molar refractivity (Wildman–Crippen MR) is 105 cm³/mol. The van der Waals surface area contributed by atoms with Gasteiger partial charge in [-0.1, -0.05) is 19.1 Å². The van der Waals surface area contributed by atoms with E-state index in [9.17, 15) is 4.79 Å². The predicted octanol–water partition coefficient (Wildman–Crippen LogP) is 3.96. The highest BCUT2D eigenvalue weighted by molar-refractivity contribution is 7.09. The summed E-state index contributed by atoms with van der Waals surface area (Å²) in [5.74, 6) is 0.849. The van der Waals surface area contributed by atoms with E-state index in [-0.39, 0.29) is 18.3 Å². The van der Waals surface area contributed by atoms with Crippen molar-refractivity contribution in [3.05, 3.63) is 52.2 Å². The molecule has 0 aliphatic carbocycles. The summed E-state index contributed by atoms with van der Waals surface area (Å²) in [6, 6.07) is 11.9. The van der Waals surface area contributed by atoms with E-state index in [1.54, 1.807) is 11.3 Å². The van der Waals surface area contributed by atoms with Crippen LogP contribution >= 0.6 is 23.7 Å². The highest BCUT2D eigenvalue weighted by Gasteiger charge is 2.26. The standard InChI is InChI=1S/C19H24N2O2S.ClH/c1-2-10-21(16-8-9-20-13-16)19(22)15-5-3-6-17(12-15)23-14-18-7-4-11-24-18;/h3-7,11-12,16,20H,2,8-10,13-14H2,1H3;1H. The summed E-state index contributed by atoms with van der Waals surface area (Å²) in [4.78, 5) is 16.1. The van der Waals surface area contributed by atoms with E-state index in [0.717, 1.165) is 38.2 Å². The van der Waals surface area contributed by atoms with Gasteiger partial charge in [-0.15, -0.1) is 23.7 Å². The Morgan fingerprint density at radius 1 is 1.36 bits per heavy atom. The smallest absolute Gasteiger partial charge is 0.254 e. The molecule has 3 rings (SSSR count). The molecule has 0 spiro atoms. The molecule has 4 nitrogen and oxygen atoms in total. The molecular formula is C19H25ClN2O2S. The molecule has 25 heavy (non-hydrogen) atoms. The van der Waals surface area contributed by atoms with Crippen molar-refractivity contribution in [3.63, 3.8) is 0 Å². The number of hydrogen-bond donors (Lipinski definition) is 1. The maximum absolute atomic E-state index is 13.0. The lowest BCUT2D eigenvalue weighted by atomic mass is 10.1. The van der Waals surface area contributed by atoms with Gasteiger partial charge in [0, 0.05) is 29.6 Å². The number of hydrogen-bond acceptors (Lipinski definition) is 4. The summed E-state index contributed by atoms with van der Waals surface area (Å²) in [7, 11) is 0. The lowest BCUT2D eigenvalue weighted by molar-refractivity contribution is 0.0691. The third-order valence-electron chi connectivity index (χ3n) is 4.24. The van der Waals surface area contributed by atoms with Gasteiger partial charge >= 0.3 is 0 Å². The lowest BCUT2D eigenvalue weighted by Gasteiger charge is -2.28. The molecule has 2 aromatic rings. The van der Waals surface area contributed by atoms with Crippen LogP contribution in [0.4, 0.5) is 0 Å². The van der Waals surface area contributed by atoms with E-state index in [0.29, 0.717) is 18.2 Å². The number of thiophene rings is 1. The van der Waals surface area contributed by atoms with E-state index in [1.807, 2.05) is 40.6 Å². The van der Waals surface area contributed by atoms with Crippen LogP contribution in [0.15, 0.2) is 41.8 Å². The van der Waals surface area contributed by atoms with Crippen molar-refractivity contribution in [3.8, 4) is 5.75 Å². The van der Waals surface area contributed by atoms with Crippen LogP contribution in [0.5, 0.6) is 5.75 Å². The third-order valence-corrected chi connectivity index (χ3v) is 5.09. The second kappa shape index (κ2) is 9.80. The minimum absolute atomic E-state index is 0. The van der Waals surface area contributed by atoms with Crippen molar-refractivity contribution in [2.75, 3.05) is 19.6 Å². The summed E-state index contributed by atoms with van der Waals surface area (Å²) >= 11 is 1.67. The van der Waals surface area contributed by atoms with Gasteiger partial charge in [-0.2, -0.15) is 0 Å². The molecule has 0 bridgehead atoms. The highest BCUT2D eigenvalue weighted by atomic mass is 35.5. The Kier molecular flexibility index (Phi) is 7.75. The number of ether oxygens (including phenoxy) is 1. The van der Waals surface area contributed by atoms with Crippen LogP contribution in [0.1, 0.15) is 35.0 Å². The summed E-state index contributed by atoms with van der Waals surface area (Å²) < 4.78 is 5.83. The molecule has 1 saturated heterocycles. The van der Waals surface area contributed by atoms with Crippen molar-refractivity contribution < 1.29 is 9.53 Å². The molecule has 1 aromatic heterocycles. The molecule has 6 heteroatoms. The monoisotopic (exact) mass is 380 g/mol. The van der Waals surface area contributed by atoms with E-state index in [1.165, 1.54) is 4.88 Å². The number of nitrogens with zero attached hydrogens (tertiary/aromatic N) is 1. The average molecular weight is 381 g/mol.